The van der Waals surface area contributed by atoms with Crippen LogP contribution in [0.2, 0.25) is 0 Å². The molecule has 0 N–H and O–H groups in total. The van der Waals surface area contributed by atoms with Gasteiger partial charge in [0, 0.05) is 5.56 Å². The van der Waals surface area contributed by atoms with Gasteiger partial charge < -0.3 is 9.47 Å². The van der Waals surface area contributed by atoms with Gasteiger partial charge in [0.2, 0.25) is 0 Å². The lowest BCUT2D eigenvalue weighted by atomic mass is 10.1. The molecule has 1 heterocycles. The summed E-state index contributed by atoms with van der Waals surface area (Å²) in [5.74, 6) is 2.00. The van der Waals surface area contributed by atoms with Crippen molar-refractivity contribution in [1.82, 2.24) is 9.97 Å². The molecule has 0 aliphatic carbocycles. The van der Waals surface area contributed by atoms with Gasteiger partial charge in [-0.25, -0.2) is 14.4 Å². The minimum absolute atomic E-state index is 0.104. The maximum absolute atomic E-state index is 13.9. The Balaban J connectivity index is 1.69. The number of nitrogens with zero attached hydrogens (tertiary/aromatic N) is 2. The molecule has 1 unspecified atom stereocenters. The molecule has 1 atom stereocenters. The molecule has 0 saturated carbocycles. The Kier molecular flexibility index (Phi) is 12.6. The fraction of sp³-hybridized carbons (Fsp3) is 0.615. The van der Waals surface area contributed by atoms with Crippen LogP contribution in [-0.4, -0.2) is 29.4 Å². The van der Waals surface area contributed by atoms with Gasteiger partial charge in [-0.1, -0.05) is 71.6 Å². The first-order valence-corrected chi connectivity index (χ1v) is 12.0. The van der Waals surface area contributed by atoms with E-state index in [1.165, 1.54) is 44.9 Å². The van der Waals surface area contributed by atoms with Crippen LogP contribution in [-0.2, 0) is 0 Å². The lowest BCUT2D eigenvalue weighted by Gasteiger charge is -2.11. The van der Waals surface area contributed by atoms with Gasteiger partial charge in [0.25, 0.3) is 0 Å². The largest absolute Gasteiger partial charge is 0.491 e. The average molecular weight is 431 g/mol. The molecule has 0 aliphatic heterocycles. The summed E-state index contributed by atoms with van der Waals surface area (Å²) in [7, 11) is 0. The number of hydrogen-bond donors (Lipinski definition) is 0. The van der Waals surface area contributed by atoms with Crippen LogP contribution in [0.25, 0.3) is 11.4 Å². The maximum atomic E-state index is 13.9. The molecule has 2 rings (SSSR count). The number of unbranched alkanes of at least 4 members (excludes halogenated alkanes) is 8. The molecule has 0 saturated heterocycles. The average Bonchev–Trinajstić information content (AvgIpc) is 2.81. The SMILES string of the molecule is CCCCCCCCOc1cnc(-c2ccc(OCC(F)CCCCCC)cc2)nc1. The van der Waals surface area contributed by atoms with Gasteiger partial charge >= 0.3 is 0 Å². The molecule has 0 amide bonds. The molecule has 4 nitrogen and oxygen atoms in total. The van der Waals surface area contributed by atoms with Gasteiger partial charge in [-0.15, -0.1) is 0 Å². The summed E-state index contributed by atoms with van der Waals surface area (Å²) in [4.78, 5) is 8.81. The minimum atomic E-state index is -0.913. The zero-order chi connectivity index (χ0) is 22.2. The molecule has 172 valence electrons. The second-order valence-corrected chi connectivity index (χ2v) is 8.14. The van der Waals surface area contributed by atoms with E-state index in [1.807, 2.05) is 24.3 Å². The van der Waals surface area contributed by atoms with Crippen molar-refractivity contribution in [2.75, 3.05) is 13.2 Å². The van der Waals surface area contributed by atoms with Crippen molar-refractivity contribution in [1.29, 1.82) is 0 Å². The van der Waals surface area contributed by atoms with Crippen LogP contribution in [0.5, 0.6) is 11.5 Å². The normalized spacial score (nSPS) is 12.0. The first-order valence-electron chi connectivity index (χ1n) is 12.0. The van der Waals surface area contributed by atoms with E-state index >= 15 is 0 Å². The zero-order valence-corrected chi connectivity index (χ0v) is 19.3. The molecule has 0 fully saturated rings. The maximum Gasteiger partial charge on any atom is 0.159 e. The van der Waals surface area contributed by atoms with Crippen molar-refractivity contribution < 1.29 is 13.9 Å². The molecule has 2 aromatic rings. The van der Waals surface area contributed by atoms with Crippen LogP contribution < -0.4 is 9.47 Å². The van der Waals surface area contributed by atoms with E-state index in [2.05, 4.69) is 23.8 Å². The van der Waals surface area contributed by atoms with E-state index in [1.54, 1.807) is 12.4 Å². The molecule has 0 aliphatic rings. The second-order valence-electron chi connectivity index (χ2n) is 8.14. The Morgan fingerprint density at radius 1 is 0.742 bits per heavy atom. The summed E-state index contributed by atoms with van der Waals surface area (Å²) in [6.45, 7) is 5.19. The number of rotatable bonds is 17. The number of ether oxygens (including phenoxy) is 2. The summed E-state index contributed by atoms with van der Waals surface area (Å²) in [6, 6.07) is 7.48. The minimum Gasteiger partial charge on any atom is -0.491 e. The van der Waals surface area contributed by atoms with Crippen LogP contribution in [0.4, 0.5) is 4.39 Å². The summed E-state index contributed by atoms with van der Waals surface area (Å²) in [6.07, 6.45) is 14.9. The molecule has 5 heteroatoms. The monoisotopic (exact) mass is 430 g/mol. The number of halogens is 1. The van der Waals surface area contributed by atoms with Gasteiger partial charge in [0.05, 0.1) is 19.0 Å². The molecule has 1 aromatic carbocycles. The lowest BCUT2D eigenvalue weighted by Crippen LogP contribution is -2.12. The molecule has 0 spiro atoms. The van der Waals surface area contributed by atoms with E-state index in [9.17, 15) is 4.39 Å². The van der Waals surface area contributed by atoms with Crippen LogP contribution in [0.3, 0.4) is 0 Å². The molecule has 0 bridgehead atoms. The molecular formula is C26H39FN2O2. The van der Waals surface area contributed by atoms with Crippen LogP contribution >= 0.6 is 0 Å². The van der Waals surface area contributed by atoms with E-state index < -0.39 is 6.17 Å². The van der Waals surface area contributed by atoms with Gasteiger partial charge in [0.15, 0.2) is 11.6 Å². The first-order chi connectivity index (χ1) is 15.2. The smallest absolute Gasteiger partial charge is 0.159 e. The second kappa shape index (κ2) is 15.6. The Morgan fingerprint density at radius 3 is 2.03 bits per heavy atom. The number of aromatic nitrogens is 2. The predicted octanol–water partition coefficient (Wildman–Crippen LogP) is 7.57. The van der Waals surface area contributed by atoms with Crippen molar-refractivity contribution in [3.8, 4) is 22.9 Å². The van der Waals surface area contributed by atoms with Crippen LogP contribution in [0, 0.1) is 0 Å². The highest BCUT2D eigenvalue weighted by Gasteiger charge is 2.08. The first kappa shape index (κ1) is 25.1. The highest BCUT2D eigenvalue weighted by atomic mass is 19.1. The highest BCUT2D eigenvalue weighted by molar-refractivity contribution is 5.56. The number of alkyl halides is 1. The summed E-state index contributed by atoms with van der Waals surface area (Å²) < 4.78 is 25.2. The van der Waals surface area contributed by atoms with Crippen molar-refractivity contribution in [3.05, 3.63) is 36.7 Å². The van der Waals surface area contributed by atoms with Crippen molar-refractivity contribution in [2.45, 2.75) is 90.6 Å². The van der Waals surface area contributed by atoms with Gasteiger partial charge in [-0.3, -0.25) is 0 Å². The quantitative estimate of drug-likeness (QED) is 0.243. The number of benzene rings is 1. The van der Waals surface area contributed by atoms with Gasteiger partial charge in [-0.05, 0) is 37.1 Å². The molecule has 0 radical (unpaired) electrons. The summed E-state index contributed by atoms with van der Waals surface area (Å²) in [5.41, 5.74) is 0.895. The lowest BCUT2D eigenvalue weighted by molar-refractivity contribution is 0.184. The zero-order valence-electron chi connectivity index (χ0n) is 19.3. The topological polar surface area (TPSA) is 44.2 Å². The van der Waals surface area contributed by atoms with Gasteiger partial charge in [-0.2, -0.15) is 0 Å². The Morgan fingerprint density at radius 2 is 1.35 bits per heavy atom. The van der Waals surface area contributed by atoms with E-state index in [4.69, 9.17) is 9.47 Å². The van der Waals surface area contributed by atoms with Crippen molar-refractivity contribution in [2.24, 2.45) is 0 Å². The Labute approximate surface area is 187 Å². The standard InChI is InChI=1S/C26H39FN2O2/c1-3-5-7-9-10-12-18-30-25-19-28-26(29-20-25)22-14-16-24(17-15-22)31-21-23(27)13-11-8-6-4-2/h14-17,19-20,23H,3-13,18,21H2,1-2H3. The fourth-order valence-electron chi connectivity index (χ4n) is 3.38. The third-order valence-corrected chi connectivity index (χ3v) is 5.31. The number of hydrogen-bond acceptors (Lipinski definition) is 4. The van der Waals surface area contributed by atoms with Crippen LogP contribution in [0.15, 0.2) is 36.7 Å². The van der Waals surface area contributed by atoms with E-state index in [-0.39, 0.29) is 6.61 Å². The van der Waals surface area contributed by atoms with Crippen molar-refractivity contribution >= 4 is 0 Å². The Bertz CT molecular complexity index is 692. The van der Waals surface area contributed by atoms with E-state index in [0.717, 1.165) is 24.8 Å². The predicted molar refractivity (Wildman–Crippen MR) is 125 cm³/mol. The van der Waals surface area contributed by atoms with Crippen LogP contribution in [0.1, 0.15) is 84.5 Å². The van der Waals surface area contributed by atoms with Gasteiger partial charge in [0.1, 0.15) is 18.5 Å². The molecule has 1 aromatic heterocycles. The third kappa shape index (κ3) is 10.6. The molecular weight excluding hydrogens is 391 g/mol. The highest BCUT2D eigenvalue weighted by Crippen LogP contribution is 2.21. The summed E-state index contributed by atoms with van der Waals surface area (Å²) >= 11 is 0. The Hall–Kier alpha value is -2.17. The fourth-order valence-corrected chi connectivity index (χ4v) is 3.38. The molecule has 31 heavy (non-hydrogen) atoms. The van der Waals surface area contributed by atoms with Crippen molar-refractivity contribution in [3.63, 3.8) is 0 Å². The van der Waals surface area contributed by atoms with E-state index in [0.29, 0.717) is 30.4 Å². The third-order valence-electron chi connectivity index (χ3n) is 5.31. The summed E-state index contributed by atoms with van der Waals surface area (Å²) in [5, 5.41) is 0.